The molecule has 0 spiro atoms. The summed E-state index contributed by atoms with van der Waals surface area (Å²) in [4.78, 5) is 28.9. The standard InChI is InChI=1S/C23H27NO5/c1-27-22(25)17-9-7-16(8-10-17)21-24-19-12-11-18(13-20(19)29-21)23(26)28-14-15-5-3-2-4-6-15/h2-6,16-18H,7-14H2,1H3/t16-,17-,18?. The number of esters is 2. The van der Waals surface area contributed by atoms with E-state index in [0.29, 0.717) is 13.0 Å². The maximum absolute atomic E-state index is 12.5. The molecule has 0 aliphatic heterocycles. The van der Waals surface area contributed by atoms with E-state index in [1.165, 1.54) is 7.11 Å². The molecule has 1 fully saturated rings. The topological polar surface area (TPSA) is 78.6 Å². The molecule has 0 bridgehead atoms. The first-order valence-corrected chi connectivity index (χ1v) is 10.4. The van der Waals surface area contributed by atoms with Crippen molar-refractivity contribution in [2.75, 3.05) is 7.11 Å². The molecule has 1 aromatic carbocycles. The molecule has 2 aliphatic rings. The Bertz CT molecular complexity index is 851. The van der Waals surface area contributed by atoms with Gasteiger partial charge in [0.05, 0.1) is 24.6 Å². The highest BCUT2D eigenvalue weighted by molar-refractivity contribution is 5.73. The summed E-state index contributed by atoms with van der Waals surface area (Å²) in [6, 6.07) is 9.71. The van der Waals surface area contributed by atoms with E-state index in [1.54, 1.807) is 0 Å². The minimum absolute atomic E-state index is 0.00963. The predicted molar refractivity (Wildman–Crippen MR) is 105 cm³/mol. The Kier molecular flexibility index (Phi) is 5.97. The molecule has 0 N–H and O–H groups in total. The Morgan fingerprint density at radius 1 is 1.03 bits per heavy atom. The first kappa shape index (κ1) is 19.7. The van der Waals surface area contributed by atoms with Gasteiger partial charge < -0.3 is 13.9 Å². The number of oxazole rings is 1. The summed E-state index contributed by atoms with van der Waals surface area (Å²) in [5, 5.41) is 0. The average molecular weight is 397 g/mol. The van der Waals surface area contributed by atoms with Crippen LogP contribution in [0.1, 0.15) is 60.9 Å². The summed E-state index contributed by atoms with van der Waals surface area (Å²) in [7, 11) is 1.44. The third-order valence-electron chi connectivity index (χ3n) is 6.12. The van der Waals surface area contributed by atoms with E-state index in [2.05, 4.69) is 0 Å². The molecule has 1 unspecified atom stereocenters. The highest BCUT2D eigenvalue weighted by atomic mass is 16.5. The highest BCUT2D eigenvalue weighted by Gasteiger charge is 2.34. The summed E-state index contributed by atoms with van der Waals surface area (Å²) in [6.45, 7) is 0.300. The predicted octanol–water partition coefficient (Wildman–Crippen LogP) is 3.97. The van der Waals surface area contributed by atoms with Crippen molar-refractivity contribution < 1.29 is 23.5 Å². The molecule has 0 radical (unpaired) electrons. The van der Waals surface area contributed by atoms with Crippen molar-refractivity contribution in [1.82, 2.24) is 4.98 Å². The molecule has 154 valence electrons. The van der Waals surface area contributed by atoms with E-state index < -0.39 is 0 Å². The molecule has 29 heavy (non-hydrogen) atoms. The molecular weight excluding hydrogens is 370 g/mol. The molecule has 0 saturated heterocycles. The second kappa shape index (κ2) is 8.80. The Balaban J connectivity index is 1.33. The lowest BCUT2D eigenvalue weighted by Gasteiger charge is -2.24. The number of fused-ring (bicyclic) bond motifs is 1. The number of aromatic nitrogens is 1. The highest BCUT2D eigenvalue weighted by Crippen LogP contribution is 2.38. The first-order valence-electron chi connectivity index (χ1n) is 10.4. The van der Waals surface area contributed by atoms with Crippen LogP contribution in [-0.4, -0.2) is 24.0 Å². The lowest BCUT2D eigenvalue weighted by atomic mass is 9.82. The second-order valence-corrected chi connectivity index (χ2v) is 8.03. The van der Waals surface area contributed by atoms with Gasteiger partial charge in [-0.2, -0.15) is 0 Å². The van der Waals surface area contributed by atoms with Crippen molar-refractivity contribution in [3.05, 3.63) is 53.2 Å². The van der Waals surface area contributed by atoms with Gasteiger partial charge in [0.2, 0.25) is 0 Å². The summed E-state index contributed by atoms with van der Waals surface area (Å²) in [5.41, 5.74) is 1.96. The van der Waals surface area contributed by atoms with Crippen molar-refractivity contribution in [3.8, 4) is 0 Å². The van der Waals surface area contributed by atoms with Crippen molar-refractivity contribution in [2.45, 2.75) is 57.5 Å². The van der Waals surface area contributed by atoms with Crippen molar-refractivity contribution in [2.24, 2.45) is 11.8 Å². The van der Waals surface area contributed by atoms with Gasteiger partial charge in [-0.15, -0.1) is 0 Å². The number of rotatable bonds is 5. The third-order valence-corrected chi connectivity index (χ3v) is 6.12. The number of benzene rings is 1. The Labute approximate surface area is 170 Å². The number of ether oxygens (including phenoxy) is 2. The SMILES string of the molecule is COC(=O)[C@H]1CC[C@H](c2nc3c(o2)CC(C(=O)OCc2ccccc2)CC3)CC1. The fourth-order valence-electron chi connectivity index (χ4n) is 4.36. The van der Waals surface area contributed by atoms with Gasteiger partial charge in [0.1, 0.15) is 12.4 Å². The molecule has 0 amide bonds. The smallest absolute Gasteiger partial charge is 0.309 e. The normalized spacial score (nSPS) is 23.8. The Hall–Kier alpha value is -2.63. The number of hydrogen-bond donors (Lipinski definition) is 0. The van der Waals surface area contributed by atoms with E-state index in [1.807, 2.05) is 30.3 Å². The van der Waals surface area contributed by atoms with Crippen LogP contribution in [0.2, 0.25) is 0 Å². The minimum Gasteiger partial charge on any atom is -0.469 e. The van der Waals surface area contributed by atoms with Crippen LogP contribution in [-0.2, 0) is 38.5 Å². The zero-order valence-corrected chi connectivity index (χ0v) is 16.8. The molecule has 1 atom stereocenters. The van der Waals surface area contributed by atoms with Crippen molar-refractivity contribution in [1.29, 1.82) is 0 Å². The summed E-state index contributed by atoms with van der Waals surface area (Å²) in [6.07, 6.45) is 5.39. The fraction of sp³-hybridized carbons (Fsp3) is 0.522. The Morgan fingerprint density at radius 3 is 2.52 bits per heavy atom. The number of aryl methyl sites for hydroxylation is 1. The van der Waals surface area contributed by atoms with Gasteiger partial charge in [0.15, 0.2) is 5.89 Å². The van der Waals surface area contributed by atoms with Crippen LogP contribution in [0.4, 0.5) is 0 Å². The molecular formula is C23H27NO5. The molecule has 2 aliphatic carbocycles. The monoisotopic (exact) mass is 397 g/mol. The number of hydrogen-bond acceptors (Lipinski definition) is 6. The second-order valence-electron chi connectivity index (χ2n) is 8.03. The van der Waals surface area contributed by atoms with E-state index >= 15 is 0 Å². The van der Waals surface area contributed by atoms with Gasteiger partial charge in [-0.3, -0.25) is 9.59 Å². The van der Waals surface area contributed by atoms with Crippen LogP contribution in [0.5, 0.6) is 0 Å². The number of nitrogens with zero attached hydrogens (tertiary/aromatic N) is 1. The maximum Gasteiger partial charge on any atom is 0.309 e. The molecule has 1 saturated carbocycles. The van der Waals surface area contributed by atoms with E-state index in [4.69, 9.17) is 18.9 Å². The molecule has 2 aromatic rings. The van der Waals surface area contributed by atoms with Gasteiger partial charge in [-0.1, -0.05) is 30.3 Å². The van der Waals surface area contributed by atoms with E-state index in [9.17, 15) is 9.59 Å². The quantitative estimate of drug-likeness (QED) is 0.711. The van der Waals surface area contributed by atoms with Crippen LogP contribution in [0.15, 0.2) is 34.7 Å². The van der Waals surface area contributed by atoms with Crippen LogP contribution >= 0.6 is 0 Å². The van der Waals surface area contributed by atoms with E-state index in [0.717, 1.165) is 61.4 Å². The minimum atomic E-state index is -0.179. The zero-order chi connectivity index (χ0) is 20.2. The molecule has 1 aromatic heterocycles. The molecule has 1 heterocycles. The van der Waals surface area contributed by atoms with Crippen LogP contribution in [0.25, 0.3) is 0 Å². The fourth-order valence-corrected chi connectivity index (χ4v) is 4.36. The first-order chi connectivity index (χ1) is 14.1. The summed E-state index contributed by atoms with van der Waals surface area (Å²) >= 11 is 0. The average Bonchev–Trinajstić information content (AvgIpc) is 3.21. The molecule has 6 nitrogen and oxygen atoms in total. The van der Waals surface area contributed by atoms with Crippen LogP contribution < -0.4 is 0 Å². The largest absolute Gasteiger partial charge is 0.469 e. The van der Waals surface area contributed by atoms with Crippen LogP contribution in [0, 0.1) is 11.8 Å². The maximum atomic E-state index is 12.5. The lowest BCUT2D eigenvalue weighted by Crippen LogP contribution is -2.24. The number of carbonyl (C=O) groups is 2. The van der Waals surface area contributed by atoms with Gasteiger partial charge in [0, 0.05) is 12.3 Å². The van der Waals surface area contributed by atoms with Gasteiger partial charge >= 0.3 is 11.9 Å². The van der Waals surface area contributed by atoms with Gasteiger partial charge in [0.25, 0.3) is 0 Å². The summed E-state index contributed by atoms with van der Waals surface area (Å²) in [5.74, 6) is 1.35. The third kappa shape index (κ3) is 4.52. The van der Waals surface area contributed by atoms with Crippen molar-refractivity contribution >= 4 is 11.9 Å². The summed E-state index contributed by atoms with van der Waals surface area (Å²) < 4.78 is 16.4. The van der Waals surface area contributed by atoms with E-state index in [-0.39, 0.29) is 29.7 Å². The molecule has 6 heteroatoms. The van der Waals surface area contributed by atoms with Crippen molar-refractivity contribution in [3.63, 3.8) is 0 Å². The van der Waals surface area contributed by atoms with Crippen LogP contribution in [0.3, 0.4) is 0 Å². The zero-order valence-electron chi connectivity index (χ0n) is 16.8. The lowest BCUT2D eigenvalue weighted by molar-refractivity contribution is -0.150. The molecule has 4 rings (SSSR count). The van der Waals surface area contributed by atoms with Gasteiger partial charge in [-0.05, 0) is 44.1 Å². The van der Waals surface area contributed by atoms with Gasteiger partial charge in [-0.25, -0.2) is 4.98 Å². The number of carbonyl (C=O) groups excluding carboxylic acids is 2. The Morgan fingerprint density at radius 2 is 1.79 bits per heavy atom. The number of methoxy groups -OCH3 is 1.